The summed E-state index contributed by atoms with van der Waals surface area (Å²) < 4.78 is 0. The SMILES string of the molecule is Cc1cc(C)cc(-c2cc(-c3cc(C)cc(C)c3)cc(-c3cccc(-c4cccc5c4[nH]c4ccccc45)n3)c2)c1. The molecule has 1 N–H and O–H groups in total. The first-order valence-corrected chi connectivity index (χ1v) is 14.2. The third kappa shape index (κ3) is 4.72. The van der Waals surface area contributed by atoms with Gasteiger partial charge in [0.1, 0.15) is 0 Å². The van der Waals surface area contributed by atoms with Crippen LogP contribution in [0.4, 0.5) is 0 Å². The van der Waals surface area contributed by atoms with Crippen LogP contribution in [0.3, 0.4) is 0 Å². The van der Waals surface area contributed by atoms with Gasteiger partial charge in [-0.1, -0.05) is 101 Å². The third-order valence-corrected chi connectivity index (χ3v) is 7.91. The lowest BCUT2D eigenvalue weighted by atomic mass is 9.92. The number of benzene rings is 5. The Morgan fingerprint density at radius 2 is 0.951 bits per heavy atom. The lowest BCUT2D eigenvalue weighted by molar-refractivity contribution is 1.32. The van der Waals surface area contributed by atoms with Gasteiger partial charge in [-0.25, -0.2) is 4.98 Å². The number of fused-ring (bicyclic) bond motifs is 3. The fourth-order valence-corrected chi connectivity index (χ4v) is 6.22. The fourth-order valence-electron chi connectivity index (χ4n) is 6.22. The minimum atomic E-state index is 0.962. The number of nitrogens with one attached hydrogen (secondary N) is 1. The monoisotopic (exact) mass is 528 g/mol. The summed E-state index contributed by atoms with van der Waals surface area (Å²) in [4.78, 5) is 8.90. The van der Waals surface area contributed by atoms with E-state index >= 15 is 0 Å². The van der Waals surface area contributed by atoms with Crippen LogP contribution in [0.5, 0.6) is 0 Å². The van der Waals surface area contributed by atoms with Crippen LogP contribution in [-0.4, -0.2) is 9.97 Å². The van der Waals surface area contributed by atoms with Gasteiger partial charge in [0, 0.05) is 27.4 Å². The molecule has 2 aromatic heterocycles. The fraction of sp³-hybridized carbons (Fsp3) is 0.103. The Labute approximate surface area is 241 Å². The van der Waals surface area contributed by atoms with Crippen molar-refractivity contribution in [1.82, 2.24) is 9.97 Å². The molecule has 0 spiro atoms. The van der Waals surface area contributed by atoms with E-state index in [1.807, 2.05) is 0 Å². The minimum absolute atomic E-state index is 0.962. The second kappa shape index (κ2) is 9.91. The van der Waals surface area contributed by atoms with Crippen LogP contribution in [0.1, 0.15) is 22.3 Å². The zero-order chi connectivity index (χ0) is 28.1. The number of H-pyrrole nitrogens is 1. The van der Waals surface area contributed by atoms with Gasteiger partial charge in [-0.05, 0) is 86.3 Å². The minimum Gasteiger partial charge on any atom is -0.354 e. The van der Waals surface area contributed by atoms with E-state index in [1.54, 1.807) is 0 Å². The first kappa shape index (κ1) is 25.0. The standard InChI is InChI=1S/C39H32N2/c1-24-15-25(2)18-28(17-24)30-21-31(29-19-26(3)16-27(4)20-29)23-32(22-30)36-13-8-14-38(40-36)35-11-7-10-34-33-9-5-6-12-37(33)41-39(34)35/h5-23,41H,1-4H3. The molecule has 2 heterocycles. The first-order valence-electron chi connectivity index (χ1n) is 14.2. The van der Waals surface area contributed by atoms with Crippen LogP contribution in [0.25, 0.3) is 66.6 Å². The van der Waals surface area contributed by atoms with Crippen LogP contribution < -0.4 is 0 Å². The Morgan fingerprint density at radius 1 is 0.439 bits per heavy atom. The smallest absolute Gasteiger partial charge is 0.0730 e. The summed E-state index contributed by atoms with van der Waals surface area (Å²) in [6.45, 7) is 8.67. The largest absolute Gasteiger partial charge is 0.354 e. The van der Waals surface area contributed by atoms with Crippen LogP contribution in [-0.2, 0) is 0 Å². The van der Waals surface area contributed by atoms with Crippen molar-refractivity contribution in [3.63, 3.8) is 0 Å². The predicted molar refractivity (Wildman–Crippen MR) is 174 cm³/mol. The maximum atomic E-state index is 5.25. The number of nitrogens with zero attached hydrogens (tertiary/aromatic N) is 1. The number of rotatable bonds is 4. The second-order valence-corrected chi connectivity index (χ2v) is 11.4. The van der Waals surface area contributed by atoms with Gasteiger partial charge >= 0.3 is 0 Å². The molecule has 7 rings (SSSR count). The summed E-state index contributed by atoms with van der Waals surface area (Å²) in [6.07, 6.45) is 0. The number of hydrogen-bond acceptors (Lipinski definition) is 1. The summed E-state index contributed by atoms with van der Waals surface area (Å²) in [5, 5.41) is 2.46. The maximum absolute atomic E-state index is 5.25. The summed E-state index contributed by atoms with van der Waals surface area (Å²) >= 11 is 0. The Bertz CT molecular complexity index is 1980. The molecule has 2 heteroatoms. The second-order valence-electron chi connectivity index (χ2n) is 11.4. The van der Waals surface area contributed by atoms with Crippen molar-refractivity contribution < 1.29 is 0 Å². The highest BCUT2D eigenvalue weighted by Crippen LogP contribution is 2.36. The van der Waals surface area contributed by atoms with Gasteiger partial charge in [-0.15, -0.1) is 0 Å². The van der Waals surface area contributed by atoms with Crippen molar-refractivity contribution in [3.8, 4) is 44.8 Å². The Hall–Kier alpha value is -4.95. The van der Waals surface area contributed by atoms with Crippen molar-refractivity contribution in [2.75, 3.05) is 0 Å². The van der Waals surface area contributed by atoms with E-state index in [0.29, 0.717) is 0 Å². The van der Waals surface area contributed by atoms with Crippen molar-refractivity contribution in [1.29, 1.82) is 0 Å². The number of aromatic amines is 1. The van der Waals surface area contributed by atoms with Crippen molar-refractivity contribution in [3.05, 3.63) is 138 Å². The summed E-state index contributed by atoms with van der Waals surface area (Å²) in [6, 6.07) is 41.8. The van der Waals surface area contributed by atoms with E-state index in [0.717, 1.165) is 33.5 Å². The summed E-state index contributed by atoms with van der Waals surface area (Å²) in [7, 11) is 0. The quantitative estimate of drug-likeness (QED) is 0.242. The van der Waals surface area contributed by atoms with Crippen LogP contribution in [0.2, 0.25) is 0 Å². The molecule has 0 saturated heterocycles. The lowest BCUT2D eigenvalue weighted by Gasteiger charge is -2.14. The molecule has 0 aliphatic rings. The molecule has 0 unspecified atom stereocenters. The number of hydrogen-bond donors (Lipinski definition) is 1. The highest BCUT2D eigenvalue weighted by atomic mass is 14.7. The van der Waals surface area contributed by atoms with Gasteiger partial charge in [-0.3, -0.25) is 0 Å². The average Bonchev–Trinajstić information content (AvgIpc) is 3.35. The molecular weight excluding hydrogens is 496 g/mol. The van der Waals surface area contributed by atoms with E-state index in [1.165, 1.54) is 55.3 Å². The molecule has 0 atom stereocenters. The number of pyridine rings is 1. The summed E-state index contributed by atoms with van der Waals surface area (Å²) in [5.74, 6) is 0. The molecule has 198 valence electrons. The van der Waals surface area contributed by atoms with Gasteiger partial charge in [-0.2, -0.15) is 0 Å². The van der Waals surface area contributed by atoms with E-state index in [9.17, 15) is 0 Å². The third-order valence-electron chi connectivity index (χ3n) is 7.91. The number of aromatic nitrogens is 2. The topological polar surface area (TPSA) is 28.7 Å². The lowest BCUT2D eigenvalue weighted by Crippen LogP contribution is -1.92. The van der Waals surface area contributed by atoms with Crippen LogP contribution >= 0.6 is 0 Å². The highest BCUT2D eigenvalue weighted by molar-refractivity contribution is 6.11. The summed E-state index contributed by atoms with van der Waals surface area (Å²) in [5.41, 5.74) is 16.4. The van der Waals surface area contributed by atoms with Crippen molar-refractivity contribution in [2.24, 2.45) is 0 Å². The van der Waals surface area contributed by atoms with E-state index in [4.69, 9.17) is 4.98 Å². The normalized spacial score (nSPS) is 11.4. The average molecular weight is 529 g/mol. The van der Waals surface area contributed by atoms with Gasteiger partial charge in [0.15, 0.2) is 0 Å². The first-order chi connectivity index (χ1) is 19.9. The molecule has 2 nitrogen and oxygen atoms in total. The van der Waals surface area contributed by atoms with Crippen molar-refractivity contribution in [2.45, 2.75) is 27.7 Å². The molecule has 0 aliphatic heterocycles. The van der Waals surface area contributed by atoms with Crippen LogP contribution in [0.15, 0.2) is 115 Å². The Balaban J connectivity index is 1.42. The Kier molecular flexibility index (Phi) is 6.05. The molecule has 0 bridgehead atoms. The molecule has 0 fully saturated rings. The molecule has 7 aromatic rings. The zero-order valence-corrected chi connectivity index (χ0v) is 23.9. The van der Waals surface area contributed by atoms with Gasteiger partial charge in [0.05, 0.1) is 16.9 Å². The van der Waals surface area contributed by atoms with E-state index in [-0.39, 0.29) is 0 Å². The molecule has 0 saturated carbocycles. The predicted octanol–water partition coefficient (Wildman–Crippen LogP) is 10.6. The van der Waals surface area contributed by atoms with E-state index in [2.05, 4.69) is 148 Å². The van der Waals surface area contributed by atoms with Gasteiger partial charge < -0.3 is 4.98 Å². The van der Waals surface area contributed by atoms with Crippen molar-refractivity contribution >= 4 is 21.8 Å². The van der Waals surface area contributed by atoms with Gasteiger partial charge in [0.2, 0.25) is 0 Å². The van der Waals surface area contributed by atoms with E-state index < -0.39 is 0 Å². The molecule has 0 amide bonds. The number of aryl methyl sites for hydroxylation is 4. The molecule has 0 aliphatic carbocycles. The molecular formula is C39H32N2. The van der Waals surface area contributed by atoms with Crippen LogP contribution in [0, 0.1) is 27.7 Å². The maximum Gasteiger partial charge on any atom is 0.0730 e. The Morgan fingerprint density at radius 3 is 1.61 bits per heavy atom. The molecule has 0 radical (unpaired) electrons. The number of para-hydroxylation sites is 2. The van der Waals surface area contributed by atoms with Gasteiger partial charge in [0.25, 0.3) is 0 Å². The molecule has 5 aromatic carbocycles. The highest BCUT2D eigenvalue weighted by Gasteiger charge is 2.13. The molecule has 41 heavy (non-hydrogen) atoms. The zero-order valence-electron chi connectivity index (χ0n) is 23.9.